The Balaban J connectivity index is 3.49. The summed E-state index contributed by atoms with van der Waals surface area (Å²) in [5, 5.41) is 23.1. The highest BCUT2D eigenvalue weighted by atomic mass is 16.3. The number of amides is 1. The molecule has 2 unspecified atom stereocenters. The molecule has 0 bridgehead atoms. The average Bonchev–Trinajstić information content (AvgIpc) is 3.26. The Kier molecular flexibility index (Phi) is 52.2. The highest BCUT2D eigenvalue weighted by Crippen LogP contribution is 2.18. The number of allylic oxidation sites excluding steroid dienone is 3. The smallest absolute Gasteiger partial charge is 0.220 e. The highest BCUT2D eigenvalue weighted by molar-refractivity contribution is 5.76. The minimum Gasteiger partial charge on any atom is -0.394 e. The molecule has 61 heavy (non-hydrogen) atoms. The molecule has 0 rings (SSSR count). The van der Waals surface area contributed by atoms with Crippen LogP contribution in [0.15, 0.2) is 24.3 Å². The van der Waals surface area contributed by atoms with Crippen LogP contribution in [0.25, 0.3) is 0 Å². The lowest BCUT2D eigenvalue weighted by Crippen LogP contribution is -2.45. The fourth-order valence-corrected chi connectivity index (χ4v) is 8.90. The van der Waals surface area contributed by atoms with Gasteiger partial charge < -0.3 is 15.5 Å². The van der Waals surface area contributed by atoms with E-state index in [9.17, 15) is 15.0 Å². The van der Waals surface area contributed by atoms with Crippen LogP contribution >= 0.6 is 0 Å². The maximum Gasteiger partial charge on any atom is 0.220 e. The number of rotatable bonds is 52. The first-order valence-electron chi connectivity index (χ1n) is 28.1. The molecule has 2 atom stereocenters. The van der Waals surface area contributed by atoms with Crippen molar-refractivity contribution in [2.45, 2.75) is 328 Å². The van der Waals surface area contributed by atoms with Crippen molar-refractivity contribution in [1.82, 2.24) is 5.32 Å². The first-order chi connectivity index (χ1) is 30.2. The van der Waals surface area contributed by atoms with E-state index in [4.69, 9.17) is 0 Å². The van der Waals surface area contributed by atoms with Gasteiger partial charge in [0.2, 0.25) is 5.91 Å². The van der Waals surface area contributed by atoms with E-state index in [1.165, 1.54) is 263 Å². The van der Waals surface area contributed by atoms with Gasteiger partial charge in [-0.1, -0.05) is 301 Å². The summed E-state index contributed by atoms with van der Waals surface area (Å²) >= 11 is 0. The molecule has 362 valence electrons. The third-order valence-corrected chi connectivity index (χ3v) is 13.2. The molecule has 4 heteroatoms. The van der Waals surface area contributed by atoms with E-state index < -0.39 is 12.1 Å². The zero-order valence-electron chi connectivity index (χ0n) is 41.7. The standard InChI is InChI=1S/C57H111NO3/c1-3-5-7-9-11-13-15-17-19-21-23-25-26-27-28-29-30-31-33-34-36-38-40-42-44-46-48-50-52-56(60)55(54-59)58-57(61)53-51-49-47-45-43-41-39-37-35-32-24-22-20-18-16-14-12-10-8-6-4-2/h42,44,50,52,55-56,59-60H,3-41,43,45-49,51,53-54H2,1-2H3,(H,58,61)/b44-42+,52-50+. The lowest BCUT2D eigenvalue weighted by atomic mass is 10.0. The second-order valence-corrected chi connectivity index (χ2v) is 19.4. The summed E-state index contributed by atoms with van der Waals surface area (Å²) < 4.78 is 0. The van der Waals surface area contributed by atoms with Gasteiger partial charge in [0, 0.05) is 6.42 Å². The SMILES string of the molecule is CCCCCCCCCCCCCCCCCCCCCCCC/C=C/CC/C=C/C(O)C(CO)NC(=O)CCCCCCCCCCCCCCCCCCCCCCC. The number of nitrogens with one attached hydrogen (secondary N) is 1. The number of hydrogen-bond acceptors (Lipinski definition) is 3. The van der Waals surface area contributed by atoms with Gasteiger partial charge in [0.15, 0.2) is 0 Å². The van der Waals surface area contributed by atoms with Gasteiger partial charge in [0.1, 0.15) is 0 Å². The molecule has 1 amide bonds. The van der Waals surface area contributed by atoms with Crippen molar-refractivity contribution in [1.29, 1.82) is 0 Å². The maximum absolute atomic E-state index is 12.5. The molecule has 0 aromatic rings. The first-order valence-corrected chi connectivity index (χ1v) is 28.1. The molecule has 0 aromatic carbocycles. The number of unbranched alkanes of at least 4 members (excludes halogenated alkanes) is 43. The first kappa shape index (κ1) is 59.9. The lowest BCUT2D eigenvalue weighted by molar-refractivity contribution is -0.123. The zero-order valence-corrected chi connectivity index (χ0v) is 41.7. The second kappa shape index (κ2) is 53.2. The predicted octanol–water partition coefficient (Wildman–Crippen LogP) is 18.3. The Morgan fingerprint density at radius 2 is 0.639 bits per heavy atom. The molecular weight excluding hydrogens is 747 g/mol. The summed E-state index contributed by atoms with van der Waals surface area (Å²) in [6.07, 6.45) is 70.6. The quantitative estimate of drug-likeness (QED) is 0.0422. The molecule has 3 N–H and O–H groups in total. The number of hydrogen-bond donors (Lipinski definition) is 3. The van der Waals surface area contributed by atoms with Crippen LogP contribution in [0.3, 0.4) is 0 Å². The number of carbonyl (C=O) groups excluding carboxylic acids is 1. The molecule has 0 fully saturated rings. The molecule has 0 radical (unpaired) electrons. The van der Waals surface area contributed by atoms with Crippen LogP contribution in [0.4, 0.5) is 0 Å². The van der Waals surface area contributed by atoms with Crippen molar-refractivity contribution in [3.63, 3.8) is 0 Å². The fourth-order valence-electron chi connectivity index (χ4n) is 8.90. The summed E-state index contributed by atoms with van der Waals surface area (Å²) in [5.41, 5.74) is 0. The van der Waals surface area contributed by atoms with E-state index in [1.807, 2.05) is 6.08 Å². The Morgan fingerprint density at radius 1 is 0.377 bits per heavy atom. The Labute approximate surface area is 383 Å². The topological polar surface area (TPSA) is 69.6 Å². The monoisotopic (exact) mass is 858 g/mol. The van der Waals surface area contributed by atoms with Gasteiger partial charge >= 0.3 is 0 Å². The van der Waals surface area contributed by atoms with Crippen LogP contribution in [-0.4, -0.2) is 34.9 Å². The van der Waals surface area contributed by atoms with E-state index in [2.05, 4.69) is 31.3 Å². The lowest BCUT2D eigenvalue weighted by Gasteiger charge is -2.19. The summed E-state index contributed by atoms with van der Waals surface area (Å²) in [4.78, 5) is 12.5. The molecule has 0 saturated heterocycles. The summed E-state index contributed by atoms with van der Waals surface area (Å²) in [5.74, 6) is -0.0670. The molecular formula is C57H111NO3. The van der Waals surface area contributed by atoms with Crippen LogP contribution in [-0.2, 0) is 4.79 Å². The minimum absolute atomic E-state index is 0.0670. The summed E-state index contributed by atoms with van der Waals surface area (Å²) in [6, 6.07) is -0.636. The van der Waals surface area contributed by atoms with Crippen LogP contribution < -0.4 is 5.32 Å². The van der Waals surface area contributed by atoms with E-state index in [1.54, 1.807) is 6.08 Å². The van der Waals surface area contributed by atoms with Gasteiger partial charge in [-0.3, -0.25) is 4.79 Å². The number of carbonyl (C=O) groups is 1. The average molecular weight is 859 g/mol. The van der Waals surface area contributed by atoms with Crippen molar-refractivity contribution in [3.8, 4) is 0 Å². The maximum atomic E-state index is 12.5. The normalized spacial score (nSPS) is 12.9. The van der Waals surface area contributed by atoms with Gasteiger partial charge in [0.25, 0.3) is 0 Å². The van der Waals surface area contributed by atoms with Crippen LogP contribution in [0, 0.1) is 0 Å². The van der Waals surface area contributed by atoms with Crippen LogP contribution in [0.5, 0.6) is 0 Å². The highest BCUT2D eigenvalue weighted by Gasteiger charge is 2.18. The van der Waals surface area contributed by atoms with Crippen molar-refractivity contribution in [2.24, 2.45) is 0 Å². The summed E-state index contributed by atoms with van der Waals surface area (Å²) in [7, 11) is 0. The van der Waals surface area contributed by atoms with Crippen LogP contribution in [0.2, 0.25) is 0 Å². The number of aliphatic hydroxyl groups is 2. The van der Waals surface area contributed by atoms with Gasteiger partial charge in [-0.05, 0) is 32.1 Å². The van der Waals surface area contributed by atoms with E-state index >= 15 is 0 Å². The molecule has 0 aliphatic heterocycles. The molecule has 0 saturated carbocycles. The zero-order chi connectivity index (χ0) is 44.2. The second-order valence-electron chi connectivity index (χ2n) is 19.4. The Bertz CT molecular complexity index is 886. The van der Waals surface area contributed by atoms with Crippen molar-refractivity contribution >= 4 is 5.91 Å². The molecule has 0 spiro atoms. The van der Waals surface area contributed by atoms with Crippen molar-refractivity contribution in [2.75, 3.05) is 6.61 Å². The fraction of sp³-hybridized carbons (Fsp3) is 0.912. The van der Waals surface area contributed by atoms with E-state index in [-0.39, 0.29) is 12.5 Å². The Morgan fingerprint density at radius 3 is 0.951 bits per heavy atom. The van der Waals surface area contributed by atoms with Crippen molar-refractivity contribution in [3.05, 3.63) is 24.3 Å². The van der Waals surface area contributed by atoms with Gasteiger partial charge in [-0.25, -0.2) is 0 Å². The molecule has 0 aliphatic rings. The molecule has 0 heterocycles. The third kappa shape index (κ3) is 49.7. The van der Waals surface area contributed by atoms with Gasteiger partial charge in [-0.15, -0.1) is 0 Å². The van der Waals surface area contributed by atoms with E-state index in [0.717, 1.165) is 32.1 Å². The minimum atomic E-state index is -0.860. The number of aliphatic hydroxyl groups excluding tert-OH is 2. The largest absolute Gasteiger partial charge is 0.394 e. The Hall–Kier alpha value is -1.13. The van der Waals surface area contributed by atoms with Crippen LogP contribution in [0.1, 0.15) is 316 Å². The van der Waals surface area contributed by atoms with E-state index in [0.29, 0.717) is 6.42 Å². The molecule has 0 aliphatic carbocycles. The van der Waals surface area contributed by atoms with Crippen molar-refractivity contribution < 1.29 is 15.0 Å². The summed E-state index contributed by atoms with van der Waals surface area (Å²) in [6.45, 7) is 4.34. The third-order valence-electron chi connectivity index (χ3n) is 13.2. The molecule has 4 nitrogen and oxygen atoms in total. The molecule has 0 aromatic heterocycles. The predicted molar refractivity (Wildman–Crippen MR) is 272 cm³/mol. The van der Waals surface area contributed by atoms with Gasteiger partial charge in [0.05, 0.1) is 18.8 Å². The van der Waals surface area contributed by atoms with Gasteiger partial charge in [-0.2, -0.15) is 0 Å².